The van der Waals surface area contributed by atoms with E-state index in [1.807, 2.05) is 0 Å². The van der Waals surface area contributed by atoms with Gasteiger partial charge in [-0.2, -0.15) is 0 Å². The fraction of sp³-hybridized carbons (Fsp3) is 0.909. The average molecular weight is 213 g/mol. The number of ketones is 1. The molecule has 1 rings (SSSR count). The maximum absolute atomic E-state index is 11.5. The van der Waals surface area contributed by atoms with E-state index in [1.165, 1.54) is 0 Å². The minimum absolute atomic E-state index is 0.00403. The molecule has 4 heteroatoms. The zero-order valence-electron chi connectivity index (χ0n) is 9.28. The predicted molar refractivity (Wildman–Crippen MR) is 57.2 cm³/mol. The van der Waals surface area contributed by atoms with Crippen molar-refractivity contribution in [2.75, 3.05) is 6.54 Å². The Morgan fingerprint density at radius 2 is 2.20 bits per heavy atom. The second kappa shape index (κ2) is 5.83. The van der Waals surface area contributed by atoms with Gasteiger partial charge in [-0.05, 0) is 12.8 Å². The molecule has 1 fully saturated rings. The van der Waals surface area contributed by atoms with Gasteiger partial charge in [0.15, 0.2) is 0 Å². The second-order valence-electron chi connectivity index (χ2n) is 4.38. The van der Waals surface area contributed by atoms with Crippen LogP contribution >= 0.6 is 0 Å². The smallest absolute Gasteiger partial charge is 0.207 e. The minimum atomic E-state index is -0.282. The summed E-state index contributed by atoms with van der Waals surface area (Å²) < 4.78 is 0. The molecule has 0 spiro atoms. The topological polar surface area (TPSA) is 60.2 Å². The van der Waals surface area contributed by atoms with Crippen molar-refractivity contribution in [2.45, 2.75) is 45.4 Å². The summed E-state index contributed by atoms with van der Waals surface area (Å²) in [6.45, 7) is 2.09. The quantitative estimate of drug-likeness (QED) is 0.387. The fourth-order valence-corrected chi connectivity index (χ4v) is 2.40. The van der Waals surface area contributed by atoms with E-state index in [-0.39, 0.29) is 29.1 Å². The van der Waals surface area contributed by atoms with Crippen molar-refractivity contribution >= 4 is 5.78 Å². The predicted octanol–water partition coefficient (Wildman–Crippen LogP) is 2.44. The Morgan fingerprint density at radius 3 is 2.80 bits per heavy atom. The van der Waals surface area contributed by atoms with Crippen molar-refractivity contribution < 1.29 is 9.72 Å². The highest BCUT2D eigenvalue weighted by Crippen LogP contribution is 2.32. The molecule has 0 heterocycles. The lowest BCUT2D eigenvalue weighted by Gasteiger charge is -2.14. The molecule has 2 unspecified atom stereocenters. The molecule has 0 radical (unpaired) electrons. The van der Waals surface area contributed by atoms with Crippen molar-refractivity contribution in [2.24, 2.45) is 11.8 Å². The summed E-state index contributed by atoms with van der Waals surface area (Å²) in [5.74, 6) is 0.226. The van der Waals surface area contributed by atoms with Crippen LogP contribution in [0.1, 0.15) is 45.4 Å². The first-order chi connectivity index (χ1) is 7.15. The maximum Gasteiger partial charge on any atom is 0.207 e. The molecule has 0 saturated heterocycles. The average Bonchev–Trinajstić information content (AvgIpc) is 2.49. The van der Waals surface area contributed by atoms with E-state index in [9.17, 15) is 14.9 Å². The number of rotatable bonds is 6. The molecular formula is C11H19NO3. The second-order valence-corrected chi connectivity index (χ2v) is 4.38. The molecule has 0 amide bonds. The number of hydrogen-bond donors (Lipinski definition) is 0. The van der Waals surface area contributed by atoms with Gasteiger partial charge >= 0.3 is 0 Å². The zero-order chi connectivity index (χ0) is 11.3. The molecule has 4 nitrogen and oxygen atoms in total. The third-order valence-corrected chi connectivity index (χ3v) is 3.25. The Bertz CT molecular complexity index is 240. The van der Waals surface area contributed by atoms with Crippen LogP contribution in [0.4, 0.5) is 0 Å². The van der Waals surface area contributed by atoms with E-state index in [0.29, 0.717) is 6.42 Å². The van der Waals surface area contributed by atoms with Crippen molar-refractivity contribution in [3.63, 3.8) is 0 Å². The van der Waals surface area contributed by atoms with Crippen LogP contribution < -0.4 is 0 Å². The molecule has 0 aliphatic heterocycles. The van der Waals surface area contributed by atoms with Gasteiger partial charge < -0.3 is 0 Å². The number of hydrogen-bond acceptors (Lipinski definition) is 3. The molecule has 1 aliphatic carbocycles. The van der Waals surface area contributed by atoms with Gasteiger partial charge in [-0.3, -0.25) is 14.9 Å². The van der Waals surface area contributed by atoms with Crippen LogP contribution in [-0.2, 0) is 4.79 Å². The number of unbranched alkanes of at least 4 members (excludes halogenated alkanes) is 2. The molecule has 0 aromatic carbocycles. The van der Waals surface area contributed by atoms with E-state index in [4.69, 9.17) is 0 Å². The number of nitrogens with zero attached hydrogens (tertiary/aromatic N) is 1. The Morgan fingerprint density at radius 1 is 1.47 bits per heavy atom. The van der Waals surface area contributed by atoms with E-state index in [0.717, 1.165) is 32.1 Å². The van der Waals surface area contributed by atoms with Crippen LogP contribution in [0.25, 0.3) is 0 Å². The first-order valence-corrected chi connectivity index (χ1v) is 5.79. The summed E-state index contributed by atoms with van der Waals surface area (Å²) in [4.78, 5) is 21.7. The molecule has 1 aliphatic rings. The van der Waals surface area contributed by atoms with Crippen molar-refractivity contribution in [3.05, 3.63) is 10.1 Å². The van der Waals surface area contributed by atoms with Crippen molar-refractivity contribution in [1.82, 2.24) is 0 Å². The Labute approximate surface area is 90.2 Å². The highest BCUT2D eigenvalue weighted by molar-refractivity contribution is 5.83. The number of carbonyl (C=O) groups is 1. The van der Waals surface area contributed by atoms with Gasteiger partial charge in [0, 0.05) is 23.2 Å². The SMILES string of the molecule is CCCCCC1C(=O)CCC1C[N+](=O)[O-]. The van der Waals surface area contributed by atoms with Crippen LogP contribution in [0.3, 0.4) is 0 Å². The third kappa shape index (κ3) is 3.61. The summed E-state index contributed by atoms with van der Waals surface area (Å²) in [7, 11) is 0. The largest absolute Gasteiger partial charge is 0.299 e. The van der Waals surface area contributed by atoms with Crippen LogP contribution in [0.15, 0.2) is 0 Å². The zero-order valence-corrected chi connectivity index (χ0v) is 9.28. The molecule has 86 valence electrons. The van der Waals surface area contributed by atoms with E-state index in [2.05, 4.69) is 6.92 Å². The number of carbonyl (C=O) groups excluding carboxylic acids is 1. The van der Waals surface area contributed by atoms with Gasteiger partial charge in [-0.1, -0.05) is 26.2 Å². The normalized spacial score (nSPS) is 25.8. The third-order valence-electron chi connectivity index (χ3n) is 3.25. The minimum Gasteiger partial charge on any atom is -0.299 e. The van der Waals surface area contributed by atoms with Crippen LogP contribution in [0.5, 0.6) is 0 Å². The van der Waals surface area contributed by atoms with Gasteiger partial charge in [-0.15, -0.1) is 0 Å². The highest BCUT2D eigenvalue weighted by Gasteiger charge is 2.36. The van der Waals surface area contributed by atoms with Gasteiger partial charge in [-0.25, -0.2) is 0 Å². The monoisotopic (exact) mass is 213 g/mol. The van der Waals surface area contributed by atoms with Crippen LogP contribution in [0.2, 0.25) is 0 Å². The van der Waals surface area contributed by atoms with Gasteiger partial charge in [0.25, 0.3) is 0 Å². The van der Waals surface area contributed by atoms with Crippen LogP contribution in [0, 0.1) is 22.0 Å². The lowest BCUT2D eigenvalue weighted by molar-refractivity contribution is -0.489. The Kier molecular flexibility index (Phi) is 4.72. The standard InChI is InChI=1S/C11H19NO3/c1-2-3-4-5-10-9(8-12(14)15)6-7-11(10)13/h9-10H,2-8H2,1H3. The molecular weight excluding hydrogens is 194 g/mol. The van der Waals surface area contributed by atoms with Gasteiger partial charge in [0.05, 0.1) is 0 Å². The molecule has 0 bridgehead atoms. The summed E-state index contributed by atoms with van der Waals surface area (Å²) in [5.41, 5.74) is 0. The number of nitro groups is 1. The summed E-state index contributed by atoms with van der Waals surface area (Å²) in [6, 6.07) is 0. The summed E-state index contributed by atoms with van der Waals surface area (Å²) >= 11 is 0. The Hall–Kier alpha value is -0.930. The summed E-state index contributed by atoms with van der Waals surface area (Å²) in [5, 5.41) is 10.4. The summed E-state index contributed by atoms with van der Waals surface area (Å²) in [6.07, 6.45) is 5.40. The van der Waals surface area contributed by atoms with E-state index >= 15 is 0 Å². The van der Waals surface area contributed by atoms with Crippen molar-refractivity contribution in [1.29, 1.82) is 0 Å². The molecule has 0 aromatic heterocycles. The molecule has 2 atom stereocenters. The molecule has 15 heavy (non-hydrogen) atoms. The molecule has 0 aromatic rings. The lowest BCUT2D eigenvalue weighted by atomic mass is 9.90. The van der Waals surface area contributed by atoms with Gasteiger partial charge in [0.1, 0.15) is 5.78 Å². The van der Waals surface area contributed by atoms with E-state index < -0.39 is 0 Å². The first-order valence-electron chi connectivity index (χ1n) is 5.79. The Balaban J connectivity index is 2.41. The van der Waals surface area contributed by atoms with Crippen molar-refractivity contribution in [3.8, 4) is 0 Å². The fourth-order valence-electron chi connectivity index (χ4n) is 2.40. The number of Topliss-reactive ketones (excluding diaryl/α,β-unsaturated/α-hetero) is 1. The first kappa shape index (κ1) is 12.1. The van der Waals surface area contributed by atoms with E-state index in [1.54, 1.807) is 0 Å². The molecule has 0 N–H and O–H groups in total. The van der Waals surface area contributed by atoms with Gasteiger partial charge in [0.2, 0.25) is 6.54 Å². The molecule has 1 saturated carbocycles. The maximum atomic E-state index is 11.5. The highest BCUT2D eigenvalue weighted by atomic mass is 16.6. The lowest BCUT2D eigenvalue weighted by Crippen LogP contribution is -2.21. The van der Waals surface area contributed by atoms with Crippen LogP contribution in [-0.4, -0.2) is 17.3 Å².